The first-order valence-corrected chi connectivity index (χ1v) is 19.8. The van der Waals surface area contributed by atoms with E-state index in [1.54, 1.807) is 20.8 Å². The second-order valence-corrected chi connectivity index (χ2v) is 16.7. The summed E-state index contributed by atoms with van der Waals surface area (Å²) >= 11 is 0. The Morgan fingerprint density at radius 3 is 1.79 bits per heavy atom. The summed E-state index contributed by atoms with van der Waals surface area (Å²) in [5, 5.41) is 22.3. The van der Waals surface area contributed by atoms with Crippen molar-refractivity contribution in [2.24, 2.45) is 17.8 Å². The summed E-state index contributed by atoms with van der Waals surface area (Å²) in [6, 6.07) is 12.5. The second-order valence-electron chi connectivity index (χ2n) is 16.7. The van der Waals surface area contributed by atoms with E-state index < -0.39 is 65.8 Å². The average molecular weight is 781 g/mol. The Morgan fingerprint density at radius 2 is 1.27 bits per heavy atom. The number of esters is 1. The molecule has 0 saturated carbocycles. The van der Waals surface area contributed by atoms with Gasteiger partial charge in [0.05, 0.1) is 37.8 Å². The Morgan fingerprint density at radius 1 is 0.732 bits per heavy atom. The van der Waals surface area contributed by atoms with Gasteiger partial charge in [-0.05, 0) is 73.6 Å². The van der Waals surface area contributed by atoms with Crippen LogP contribution in [-0.4, -0.2) is 84.7 Å². The number of nitrogens with one attached hydrogen (secondary N) is 4. The maximum Gasteiger partial charge on any atom is 0.407 e. The lowest BCUT2D eigenvalue weighted by Crippen LogP contribution is -2.57. The Labute approximate surface area is 332 Å². The molecule has 1 aliphatic carbocycles. The molecule has 13 heteroatoms. The number of hydrogen-bond donors (Lipinski definition) is 5. The normalized spacial score (nSPS) is 15.7. The maximum atomic E-state index is 14.0. The number of aliphatic hydroxyl groups excluding tert-OH is 1. The van der Waals surface area contributed by atoms with Crippen LogP contribution in [0.1, 0.15) is 111 Å². The van der Waals surface area contributed by atoms with Crippen molar-refractivity contribution in [2.45, 2.75) is 136 Å². The molecule has 310 valence electrons. The first-order chi connectivity index (χ1) is 26.3. The van der Waals surface area contributed by atoms with Crippen LogP contribution >= 0.6 is 0 Å². The molecular weight excluding hydrogens is 716 g/mol. The van der Waals surface area contributed by atoms with Crippen LogP contribution in [0, 0.1) is 17.8 Å². The first kappa shape index (κ1) is 45.7. The zero-order chi connectivity index (χ0) is 41.7. The fourth-order valence-corrected chi connectivity index (χ4v) is 7.00. The monoisotopic (exact) mass is 780 g/mol. The van der Waals surface area contributed by atoms with Crippen molar-refractivity contribution in [3.8, 4) is 11.1 Å². The zero-order valence-corrected chi connectivity index (χ0v) is 34.8. The predicted molar refractivity (Wildman–Crippen MR) is 215 cm³/mol. The summed E-state index contributed by atoms with van der Waals surface area (Å²) in [6.45, 7) is 16.8. The third-order valence-corrected chi connectivity index (χ3v) is 9.90. The molecule has 0 aromatic heterocycles. The van der Waals surface area contributed by atoms with Crippen LogP contribution in [0.25, 0.3) is 11.1 Å². The van der Waals surface area contributed by atoms with E-state index >= 15 is 0 Å². The number of alkyl carbamates (subject to hydrolysis) is 2. The van der Waals surface area contributed by atoms with E-state index in [0.717, 1.165) is 22.3 Å². The molecule has 2 aromatic carbocycles. The van der Waals surface area contributed by atoms with Gasteiger partial charge in [0.15, 0.2) is 0 Å². The number of amides is 4. The maximum absolute atomic E-state index is 14.0. The standard InChI is InChI=1S/C43H64N4O9/c1-11-27(6)39(40(51)44-35(21-26(4)5)36(48)23-38(50)54-10)47-37(49)22-34(33(20-25(2)3)46-42(53)56-43(7,8)9)45-41(52)55-24-32-30-18-14-12-16-28(30)29-17-13-15-19-31(29)32/h12-19,25-27,32-36,39,48H,11,20-24H2,1-10H3,(H,44,51)(H,45,52)(H,46,53)(H,47,49)/t27-,33?,34?,35?,36-,39-/m0/s1. The van der Waals surface area contributed by atoms with Crippen LogP contribution in [0.3, 0.4) is 0 Å². The molecule has 0 heterocycles. The van der Waals surface area contributed by atoms with Crippen molar-refractivity contribution in [1.82, 2.24) is 21.3 Å². The summed E-state index contributed by atoms with van der Waals surface area (Å²) in [5.74, 6) is -2.09. The molecule has 2 aromatic rings. The topological polar surface area (TPSA) is 181 Å². The third-order valence-electron chi connectivity index (χ3n) is 9.90. The van der Waals surface area contributed by atoms with E-state index in [2.05, 4.69) is 21.3 Å². The van der Waals surface area contributed by atoms with Gasteiger partial charge in [-0.2, -0.15) is 0 Å². The van der Waals surface area contributed by atoms with Crippen LogP contribution < -0.4 is 21.3 Å². The lowest BCUT2D eigenvalue weighted by atomic mass is 9.93. The first-order valence-electron chi connectivity index (χ1n) is 19.8. The Balaban J connectivity index is 1.86. The lowest BCUT2D eigenvalue weighted by molar-refractivity contribution is -0.144. The largest absolute Gasteiger partial charge is 0.469 e. The summed E-state index contributed by atoms with van der Waals surface area (Å²) in [7, 11) is 1.23. The quantitative estimate of drug-likeness (QED) is 0.0818. The minimum absolute atomic E-state index is 0.0396. The highest BCUT2D eigenvalue weighted by Crippen LogP contribution is 2.44. The van der Waals surface area contributed by atoms with Gasteiger partial charge in [-0.3, -0.25) is 14.4 Å². The van der Waals surface area contributed by atoms with Gasteiger partial charge >= 0.3 is 18.2 Å². The van der Waals surface area contributed by atoms with Crippen molar-refractivity contribution >= 4 is 30.0 Å². The molecule has 4 amide bonds. The van der Waals surface area contributed by atoms with E-state index in [1.165, 1.54) is 7.11 Å². The van der Waals surface area contributed by atoms with Crippen molar-refractivity contribution in [2.75, 3.05) is 13.7 Å². The van der Waals surface area contributed by atoms with E-state index in [9.17, 15) is 29.1 Å². The molecule has 0 spiro atoms. The van der Waals surface area contributed by atoms with Gasteiger partial charge < -0.3 is 40.6 Å². The number of rotatable bonds is 19. The minimum Gasteiger partial charge on any atom is -0.469 e. The van der Waals surface area contributed by atoms with Crippen molar-refractivity contribution in [3.05, 3.63) is 59.7 Å². The SMILES string of the molecule is CC[C@H](C)[C@H](NC(=O)CC(NC(=O)OCC1c2ccccc2-c2ccccc21)C(CC(C)C)NC(=O)OC(C)(C)C)C(=O)NC(CC(C)C)[C@@H](O)CC(=O)OC. The molecule has 3 unspecified atom stereocenters. The zero-order valence-electron chi connectivity index (χ0n) is 34.8. The number of carbonyl (C=O) groups excluding carboxylic acids is 5. The van der Waals surface area contributed by atoms with Gasteiger partial charge in [0.1, 0.15) is 18.2 Å². The minimum atomic E-state index is -1.21. The molecule has 0 aliphatic heterocycles. The average Bonchev–Trinajstić information content (AvgIpc) is 3.43. The molecule has 1 aliphatic rings. The van der Waals surface area contributed by atoms with Gasteiger partial charge in [-0.15, -0.1) is 0 Å². The van der Waals surface area contributed by atoms with Gasteiger partial charge in [0, 0.05) is 12.3 Å². The van der Waals surface area contributed by atoms with E-state index in [1.807, 2.05) is 90.1 Å². The van der Waals surface area contributed by atoms with E-state index in [-0.39, 0.29) is 43.1 Å². The van der Waals surface area contributed by atoms with Crippen LogP contribution in [-0.2, 0) is 28.6 Å². The van der Waals surface area contributed by atoms with Crippen LogP contribution in [0.5, 0.6) is 0 Å². The number of ether oxygens (including phenoxy) is 3. The van der Waals surface area contributed by atoms with Crippen LogP contribution in [0.2, 0.25) is 0 Å². The predicted octanol–water partition coefficient (Wildman–Crippen LogP) is 6.21. The van der Waals surface area contributed by atoms with Crippen LogP contribution in [0.15, 0.2) is 48.5 Å². The molecular formula is C43H64N4O9. The third kappa shape index (κ3) is 13.8. The van der Waals surface area contributed by atoms with E-state index in [4.69, 9.17) is 14.2 Å². The summed E-state index contributed by atoms with van der Waals surface area (Å²) < 4.78 is 16.1. The Hall–Kier alpha value is -4.65. The molecule has 0 saturated heterocycles. The lowest BCUT2D eigenvalue weighted by Gasteiger charge is -2.32. The fraction of sp³-hybridized carbons (Fsp3) is 0.605. The summed E-state index contributed by atoms with van der Waals surface area (Å²) in [6.07, 6.45) is -2.00. The molecule has 5 N–H and O–H groups in total. The highest BCUT2D eigenvalue weighted by molar-refractivity contribution is 5.88. The number of methoxy groups -OCH3 is 1. The molecule has 13 nitrogen and oxygen atoms in total. The van der Waals surface area contributed by atoms with Crippen molar-refractivity contribution < 1.29 is 43.3 Å². The smallest absolute Gasteiger partial charge is 0.407 e. The number of aliphatic hydroxyl groups is 1. The van der Waals surface area contributed by atoms with Crippen molar-refractivity contribution in [1.29, 1.82) is 0 Å². The molecule has 0 radical (unpaired) electrons. The number of carbonyl (C=O) groups is 5. The molecule has 0 fully saturated rings. The van der Waals surface area contributed by atoms with Gasteiger partial charge in [-0.1, -0.05) is 96.5 Å². The summed E-state index contributed by atoms with van der Waals surface area (Å²) in [4.78, 5) is 66.5. The Kier molecular flexibility index (Phi) is 17.2. The van der Waals surface area contributed by atoms with Gasteiger partial charge in [-0.25, -0.2) is 9.59 Å². The number of fused-ring (bicyclic) bond motifs is 3. The summed E-state index contributed by atoms with van der Waals surface area (Å²) in [5.41, 5.74) is 3.46. The Bertz CT molecular complexity index is 1590. The highest BCUT2D eigenvalue weighted by atomic mass is 16.6. The number of hydrogen-bond acceptors (Lipinski definition) is 9. The molecule has 0 bridgehead atoms. The van der Waals surface area contributed by atoms with Crippen molar-refractivity contribution in [3.63, 3.8) is 0 Å². The number of benzene rings is 2. The van der Waals surface area contributed by atoms with Gasteiger partial charge in [0.2, 0.25) is 11.8 Å². The highest BCUT2D eigenvalue weighted by Gasteiger charge is 2.35. The second kappa shape index (κ2) is 21.0. The molecule has 56 heavy (non-hydrogen) atoms. The fourth-order valence-electron chi connectivity index (χ4n) is 7.00. The van der Waals surface area contributed by atoms with Crippen LogP contribution in [0.4, 0.5) is 9.59 Å². The van der Waals surface area contributed by atoms with E-state index in [0.29, 0.717) is 19.3 Å². The van der Waals surface area contributed by atoms with Gasteiger partial charge in [0.25, 0.3) is 0 Å². The molecule has 6 atom stereocenters. The molecule has 3 rings (SSSR count).